The highest BCUT2D eigenvalue weighted by Gasteiger charge is 2.27. The maximum atomic E-state index is 12.8. The van der Waals surface area contributed by atoms with E-state index in [0.29, 0.717) is 35.8 Å². The number of carbonyl (C=O) groups is 1. The van der Waals surface area contributed by atoms with Crippen LogP contribution in [0.15, 0.2) is 42.5 Å². The minimum atomic E-state index is -0.216. The van der Waals surface area contributed by atoms with E-state index >= 15 is 0 Å². The molecule has 1 amide bonds. The molecule has 0 aliphatic carbocycles. The van der Waals surface area contributed by atoms with Gasteiger partial charge in [-0.2, -0.15) is 15.4 Å². The Labute approximate surface area is 143 Å². The monoisotopic (exact) mass is 342 g/mol. The van der Waals surface area contributed by atoms with Gasteiger partial charge in [-0.15, -0.1) is 0 Å². The van der Waals surface area contributed by atoms with E-state index in [9.17, 15) is 4.79 Å². The molecule has 0 radical (unpaired) electrons. The number of nitrogens with zero attached hydrogens (tertiary/aromatic N) is 3. The second kappa shape index (κ2) is 6.22. The standard InChI is InChI=1S/C17H15ClN4O2/c18-13-4-2-1-3-12(13)16-10-22(7-8-24-16)17(23)11-5-6-14-15(9-11)20-21-19-14/h1-6,9,16H,7-8,10H2,(H,19,20,21). The fraction of sp³-hybridized carbons (Fsp3) is 0.235. The average Bonchev–Trinajstić information content (AvgIpc) is 3.09. The number of benzene rings is 2. The molecule has 4 rings (SSSR count). The molecule has 122 valence electrons. The highest BCUT2D eigenvalue weighted by atomic mass is 35.5. The summed E-state index contributed by atoms with van der Waals surface area (Å²) < 4.78 is 5.81. The Hall–Kier alpha value is -2.44. The Bertz CT molecular complexity index is 895. The van der Waals surface area contributed by atoms with Crippen LogP contribution in [0, 0.1) is 0 Å². The fourth-order valence-corrected chi connectivity index (χ4v) is 3.17. The number of amides is 1. The number of rotatable bonds is 2. The molecule has 1 saturated heterocycles. The zero-order valence-corrected chi connectivity index (χ0v) is 13.5. The number of H-pyrrole nitrogens is 1. The van der Waals surface area contributed by atoms with Crippen LogP contribution in [0.5, 0.6) is 0 Å². The largest absolute Gasteiger partial charge is 0.370 e. The SMILES string of the molecule is O=C(c1ccc2n[nH]nc2c1)N1CCOC(c2ccccc2Cl)C1. The highest BCUT2D eigenvalue weighted by molar-refractivity contribution is 6.31. The molecular weight excluding hydrogens is 328 g/mol. The molecule has 1 unspecified atom stereocenters. The van der Waals surface area contributed by atoms with Gasteiger partial charge >= 0.3 is 0 Å². The van der Waals surface area contributed by atoms with Crippen molar-refractivity contribution in [2.45, 2.75) is 6.10 Å². The molecule has 0 spiro atoms. The van der Waals surface area contributed by atoms with Crippen molar-refractivity contribution < 1.29 is 9.53 Å². The van der Waals surface area contributed by atoms with Gasteiger partial charge in [0.05, 0.1) is 13.2 Å². The third-order valence-corrected chi connectivity index (χ3v) is 4.51. The van der Waals surface area contributed by atoms with Crippen LogP contribution >= 0.6 is 11.6 Å². The van der Waals surface area contributed by atoms with Gasteiger partial charge in [-0.25, -0.2) is 0 Å². The summed E-state index contributed by atoms with van der Waals surface area (Å²) in [6, 6.07) is 12.9. The van der Waals surface area contributed by atoms with Gasteiger partial charge in [0.15, 0.2) is 0 Å². The lowest BCUT2D eigenvalue weighted by atomic mass is 10.1. The Kier molecular flexibility index (Phi) is 3.92. The van der Waals surface area contributed by atoms with Crippen LogP contribution in [-0.2, 0) is 4.74 Å². The Morgan fingerprint density at radius 3 is 2.92 bits per heavy atom. The minimum Gasteiger partial charge on any atom is -0.370 e. The van der Waals surface area contributed by atoms with Gasteiger partial charge in [0.2, 0.25) is 0 Å². The molecule has 1 aromatic heterocycles. The molecule has 2 aromatic carbocycles. The zero-order chi connectivity index (χ0) is 16.5. The van der Waals surface area contributed by atoms with E-state index in [1.54, 1.807) is 23.1 Å². The topological polar surface area (TPSA) is 71.1 Å². The van der Waals surface area contributed by atoms with Crippen molar-refractivity contribution >= 4 is 28.5 Å². The van der Waals surface area contributed by atoms with Gasteiger partial charge in [-0.3, -0.25) is 4.79 Å². The van der Waals surface area contributed by atoms with Crippen molar-refractivity contribution in [2.24, 2.45) is 0 Å². The summed E-state index contributed by atoms with van der Waals surface area (Å²) in [7, 11) is 0. The lowest BCUT2D eigenvalue weighted by molar-refractivity contribution is -0.0227. The molecule has 0 bridgehead atoms. The molecular formula is C17H15ClN4O2. The third kappa shape index (κ3) is 2.74. The van der Waals surface area contributed by atoms with Crippen LogP contribution in [0.1, 0.15) is 22.0 Å². The summed E-state index contributed by atoms with van der Waals surface area (Å²) in [6.07, 6.45) is -0.216. The highest BCUT2D eigenvalue weighted by Crippen LogP contribution is 2.29. The van der Waals surface area contributed by atoms with Crippen molar-refractivity contribution in [3.8, 4) is 0 Å². The van der Waals surface area contributed by atoms with E-state index < -0.39 is 0 Å². The molecule has 2 heterocycles. The third-order valence-electron chi connectivity index (χ3n) is 4.17. The van der Waals surface area contributed by atoms with E-state index in [1.807, 2.05) is 24.3 Å². The second-order valence-electron chi connectivity index (χ2n) is 5.66. The van der Waals surface area contributed by atoms with Gasteiger partial charge in [-0.05, 0) is 24.3 Å². The van der Waals surface area contributed by atoms with Crippen LogP contribution < -0.4 is 0 Å². The number of hydrogen-bond acceptors (Lipinski definition) is 4. The second-order valence-corrected chi connectivity index (χ2v) is 6.07. The number of ether oxygens (including phenoxy) is 1. The van der Waals surface area contributed by atoms with Crippen molar-refractivity contribution in [1.82, 2.24) is 20.3 Å². The van der Waals surface area contributed by atoms with E-state index in [0.717, 1.165) is 11.1 Å². The van der Waals surface area contributed by atoms with E-state index in [-0.39, 0.29) is 12.0 Å². The number of aromatic nitrogens is 3. The number of aromatic amines is 1. The molecule has 3 aromatic rings. The predicted octanol–water partition coefficient (Wildman–Crippen LogP) is 2.83. The number of carbonyl (C=O) groups excluding carboxylic acids is 1. The predicted molar refractivity (Wildman–Crippen MR) is 89.9 cm³/mol. The Morgan fingerprint density at radius 1 is 1.21 bits per heavy atom. The summed E-state index contributed by atoms with van der Waals surface area (Å²) in [6.45, 7) is 1.50. The smallest absolute Gasteiger partial charge is 0.254 e. The zero-order valence-electron chi connectivity index (χ0n) is 12.8. The van der Waals surface area contributed by atoms with E-state index in [2.05, 4.69) is 15.4 Å². The molecule has 1 fully saturated rings. The van der Waals surface area contributed by atoms with Crippen LogP contribution in [0.2, 0.25) is 5.02 Å². The molecule has 6 nitrogen and oxygen atoms in total. The van der Waals surface area contributed by atoms with Crippen molar-refractivity contribution in [3.63, 3.8) is 0 Å². The molecule has 1 atom stereocenters. The molecule has 1 aliphatic rings. The summed E-state index contributed by atoms with van der Waals surface area (Å²) in [4.78, 5) is 14.6. The maximum absolute atomic E-state index is 12.8. The van der Waals surface area contributed by atoms with Gasteiger partial charge in [-0.1, -0.05) is 29.8 Å². The summed E-state index contributed by atoms with van der Waals surface area (Å²) >= 11 is 6.25. The molecule has 0 saturated carbocycles. The first kappa shape index (κ1) is 15.1. The quantitative estimate of drug-likeness (QED) is 0.777. The summed E-state index contributed by atoms with van der Waals surface area (Å²) in [5.74, 6) is -0.0414. The molecule has 7 heteroatoms. The van der Waals surface area contributed by atoms with Gasteiger partial charge in [0.1, 0.15) is 17.1 Å². The Morgan fingerprint density at radius 2 is 2.04 bits per heavy atom. The molecule has 1 N–H and O–H groups in total. The first-order chi connectivity index (χ1) is 11.7. The maximum Gasteiger partial charge on any atom is 0.254 e. The number of hydrogen-bond donors (Lipinski definition) is 1. The van der Waals surface area contributed by atoms with Crippen molar-refractivity contribution in [1.29, 1.82) is 0 Å². The lowest BCUT2D eigenvalue weighted by Gasteiger charge is -2.33. The van der Waals surface area contributed by atoms with Gasteiger partial charge in [0, 0.05) is 22.7 Å². The average molecular weight is 343 g/mol. The fourth-order valence-electron chi connectivity index (χ4n) is 2.91. The van der Waals surface area contributed by atoms with E-state index in [1.165, 1.54) is 0 Å². The first-order valence-corrected chi connectivity index (χ1v) is 8.06. The van der Waals surface area contributed by atoms with Crippen LogP contribution in [0.3, 0.4) is 0 Å². The normalized spacial score (nSPS) is 18.0. The molecule has 1 aliphatic heterocycles. The Balaban J connectivity index is 1.57. The van der Waals surface area contributed by atoms with Crippen LogP contribution in [-0.4, -0.2) is 45.9 Å². The van der Waals surface area contributed by atoms with E-state index in [4.69, 9.17) is 16.3 Å². The van der Waals surface area contributed by atoms with Gasteiger partial charge in [0.25, 0.3) is 5.91 Å². The summed E-state index contributed by atoms with van der Waals surface area (Å²) in [5, 5.41) is 11.2. The van der Waals surface area contributed by atoms with Gasteiger partial charge < -0.3 is 9.64 Å². The minimum absolute atomic E-state index is 0.0414. The molecule has 24 heavy (non-hydrogen) atoms. The number of nitrogens with one attached hydrogen (secondary N) is 1. The number of halogens is 1. The first-order valence-electron chi connectivity index (χ1n) is 7.68. The van der Waals surface area contributed by atoms with Crippen LogP contribution in [0.25, 0.3) is 11.0 Å². The summed E-state index contributed by atoms with van der Waals surface area (Å²) in [5.41, 5.74) is 2.92. The van der Waals surface area contributed by atoms with Crippen molar-refractivity contribution in [3.05, 3.63) is 58.6 Å². The number of fused-ring (bicyclic) bond motifs is 1. The number of morpholine rings is 1. The van der Waals surface area contributed by atoms with Crippen molar-refractivity contribution in [2.75, 3.05) is 19.7 Å². The van der Waals surface area contributed by atoms with Crippen LogP contribution in [0.4, 0.5) is 0 Å². The lowest BCUT2D eigenvalue weighted by Crippen LogP contribution is -2.42.